The van der Waals surface area contributed by atoms with Crippen LogP contribution in [0.3, 0.4) is 0 Å². The van der Waals surface area contributed by atoms with Crippen LogP contribution in [0.15, 0.2) is 58.3 Å². The molecule has 2 aromatic carbocycles. The molecule has 0 heterocycles. The molecule has 0 aliphatic carbocycles. The lowest BCUT2D eigenvalue weighted by molar-refractivity contribution is -0.119. The Morgan fingerprint density at radius 3 is 2.30 bits per heavy atom. The van der Waals surface area contributed by atoms with E-state index in [4.69, 9.17) is 5.73 Å². The van der Waals surface area contributed by atoms with Gasteiger partial charge in [-0.15, -0.1) is 12.4 Å². The predicted octanol–water partition coefficient (Wildman–Crippen LogP) is 4.49. The molecule has 0 radical (unpaired) electrons. The average molecular weight is 351 g/mol. The first-order valence-electron chi connectivity index (χ1n) is 7.37. The van der Waals surface area contributed by atoms with Crippen LogP contribution < -0.4 is 11.1 Å². The van der Waals surface area contributed by atoms with E-state index < -0.39 is 0 Å². The van der Waals surface area contributed by atoms with Crippen LogP contribution in [0.5, 0.6) is 0 Å². The van der Waals surface area contributed by atoms with E-state index in [2.05, 4.69) is 23.5 Å². The summed E-state index contributed by atoms with van der Waals surface area (Å²) in [4.78, 5) is 14.4. The van der Waals surface area contributed by atoms with E-state index >= 15 is 0 Å². The van der Waals surface area contributed by atoms with Gasteiger partial charge in [-0.3, -0.25) is 4.79 Å². The number of hydrogen-bond acceptors (Lipinski definition) is 3. The van der Waals surface area contributed by atoms with Crippen molar-refractivity contribution in [3.05, 3.63) is 54.1 Å². The van der Waals surface area contributed by atoms with Crippen LogP contribution in [0.25, 0.3) is 0 Å². The van der Waals surface area contributed by atoms with Crippen LogP contribution in [0.4, 0.5) is 5.69 Å². The van der Waals surface area contributed by atoms with E-state index in [1.165, 1.54) is 4.90 Å². The minimum Gasteiger partial charge on any atom is -0.327 e. The van der Waals surface area contributed by atoms with Crippen LogP contribution in [0.1, 0.15) is 19.4 Å². The third-order valence-electron chi connectivity index (χ3n) is 3.64. The van der Waals surface area contributed by atoms with Gasteiger partial charge in [0.25, 0.3) is 0 Å². The summed E-state index contributed by atoms with van der Waals surface area (Å²) >= 11 is 1.71. The summed E-state index contributed by atoms with van der Waals surface area (Å²) in [7, 11) is 0. The van der Waals surface area contributed by atoms with Gasteiger partial charge in [0.05, 0.1) is 5.92 Å². The monoisotopic (exact) mass is 350 g/mol. The van der Waals surface area contributed by atoms with E-state index in [0.717, 1.165) is 16.1 Å². The number of anilines is 1. The van der Waals surface area contributed by atoms with Gasteiger partial charge in [-0.2, -0.15) is 0 Å². The van der Waals surface area contributed by atoms with Gasteiger partial charge in [-0.05, 0) is 49.7 Å². The number of hydrogen-bond donors (Lipinski definition) is 2. The number of amides is 1. The highest BCUT2D eigenvalue weighted by Crippen LogP contribution is 2.30. The van der Waals surface area contributed by atoms with Gasteiger partial charge in [-0.25, -0.2) is 0 Å². The average Bonchev–Trinajstić information content (AvgIpc) is 2.50. The van der Waals surface area contributed by atoms with Crippen molar-refractivity contribution in [2.45, 2.75) is 36.6 Å². The van der Waals surface area contributed by atoms with Gasteiger partial charge in [-0.1, -0.05) is 36.9 Å². The second kappa shape index (κ2) is 8.96. The van der Waals surface area contributed by atoms with Gasteiger partial charge < -0.3 is 11.1 Å². The van der Waals surface area contributed by atoms with Crippen molar-refractivity contribution >= 4 is 35.8 Å². The molecule has 2 atom stereocenters. The molecule has 3 N–H and O–H groups in total. The van der Waals surface area contributed by atoms with Crippen molar-refractivity contribution in [3.8, 4) is 0 Å². The zero-order valence-corrected chi connectivity index (χ0v) is 15.2. The summed E-state index contributed by atoms with van der Waals surface area (Å²) in [5.74, 6) is -0.251. The third kappa shape index (κ3) is 5.57. The maximum Gasteiger partial charge on any atom is 0.228 e. The lowest BCUT2D eigenvalue weighted by Gasteiger charge is -2.17. The summed E-state index contributed by atoms with van der Waals surface area (Å²) < 4.78 is 0. The Morgan fingerprint density at radius 1 is 1.09 bits per heavy atom. The van der Waals surface area contributed by atoms with Crippen molar-refractivity contribution in [2.75, 3.05) is 5.32 Å². The molecule has 0 saturated heterocycles. The molecule has 1 amide bonds. The molecule has 0 bridgehead atoms. The minimum atomic E-state index is -0.210. The molecule has 5 heteroatoms. The highest BCUT2D eigenvalue weighted by Gasteiger charge is 2.17. The summed E-state index contributed by atoms with van der Waals surface area (Å²) in [5, 5.41) is 2.95. The minimum absolute atomic E-state index is 0. The zero-order valence-electron chi connectivity index (χ0n) is 13.6. The van der Waals surface area contributed by atoms with Crippen molar-refractivity contribution in [2.24, 2.45) is 11.7 Å². The van der Waals surface area contributed by atoms with Gasteiger partial charge in [0.2, 0.25) is 5.91 Å². The molecule has 0 aromatic heterocycles. The van der Waals surface area contributed by atoms with Gasteiger partial charge in [0.1, 0.15) is 0 Å². The van der Waals surface area contributed by atoms with Gasteiger partial charge >= 0.3 is 0 Å². The fraction of sp³-hybridized carbons (Fsp3) is 0.278. The number of benzene rings is 2. The van der Waals surface area contributed by atoms with Crippen LogP contribution in [-0.2, 0) is 4.79 Å². The van der Waals surface area contributed by atoms with Crippen LogP contribution >= 0.6 is 24.2 Å². The van der Waals surface area contributed by atoms with Gasteiger partial charge in [0, 0.05) is 21.5 Å². The molecule has 23 heavy (non-hydrogen) atoms. The summed E-state index contributed by atoms with van der Waals surface area (Å²) in [5.41, 5.74) is 7.66. The third-order valence-corrected chi connectivity index (χ3v) is 4.63. The van der Waals surface area contributed by atoms with Crippen molar-refractivity contribution in [1.29, 1.82) is 0 Å². The van der Waals surface area contributed by atoms with E-state index in [9.17, 15) is 4.79 Å². The Balaban J connectivity index is 0.00000264. The Kier molecular flexibility index (Phi) is 7.62. The molecule has 124 valence electrons. The first-order chi connectivity index (χ1) is 10.5. The second-order valence-electron chi connectivity index (χ2n) is 5.53. The van der Waals surface area contributed by atoms with Crippen LogP contribution in [0, 0.1) is 12.8 Å². The summed E-state index contributed by atoms with van der Waals surface area (Å²) in [6.45, 7) is 5.69. The van der Waals surface area contributed by atoms with E-state index in [0.29, 0.717) is 0 Å². The highest BCUT2D eigenvalue weighted by atomic mass is 35.5. The highest BCUT2D eigenvalue weighted by molar-refractivity contribution is 7.99. The molecule has 0 aliphatic heterocycles. The molecule has 3 nitrogen and oxygen atoms in total. The Morgan fingerprint density at radius 2 is 1.74 bits per heavy atom. The molecule has 0 saturated carbocycles. The number of carbonyl (C=O) groups is 1. The summed E-state index contributed by atoms with van der Waals surface area (Å²) in [6.07, 6.45) is 0. The molecule has 0 aliphatic rings. The lowest BCUT2D eigenvalue weighted by atomic mass is 10.0. The fourth-order valence-electron chi connectivity index (χ4n) is 1.95. The maximum atomic E-state index is 12.1. The Bertz CT molecular complexity index is 647. The standard InChI is InChI=1S/C18H22N2OS.ClH/c1-12-11-16(22-15-7-5-4-6-8-15)9-10-17(12)20-18(21)13(2)14(3)19;/h4-11,13-14H,19H2,1-3H3,(H,20,21);1H. The fourth-order valence-corrected chi connectivity index (χ4v) is 2.89. The molecular weight excluding hydrogens is 328 g/mol. The lowest BCUT2D eigenvalue weighted by Crippen LogP contribution is -2.34. The predicted molar refractivity (Wildman–Crippen MR) is 100 cm³/mol. The van der Waals surface area contributed by atoms with E-state index in [-0.39, 0.29) is 30.3 Å². The molecule has 2 rings (SSSR count). The summed E-state index contributed by atoms with van der Waals surface area (Å²) in [6, 6.07) is 16.1. The largest absolute Gasteiger partial charge is 0.327 e. The molecule has 2 aromatic rings. The number of aryl methyl sites for hydroxylation is 1. The number of nitrogens with one attached hydrogen (secondary N) is 1. The molecule has 0 fully saturated rings. The zero-order chi connectivity index (χ0) is 16.1. The topological polar surface area (TPSA) is 55.1 Å². The van der Waals surface area contributed by atoms with E-state index in [1.54, 1.807) is 11.8 Å². The van der Waals surface area contributed by atoms with Crippen molar-refractivity contribution in [3.63, 3.8) is 0 Å². The van der Waals surface area contributed by atoms with Gasteiger partial charge in [0.15, 0.2) is 0 Å². The normalized spacial score (nSPS) is 12.9. The molecular formula is C18H23ClN2OS. The van der Waals surface area contributed by atoms with Crippen molar-refractivity contribution < 1.29 is 4.79 Å². The Labute approximate surface area is 148 Å². The second-order valence-corrected chi connectivity index (χ2v) is 6.68. The van der Waals surface area contributed by atoms with Crippen LogP contribution in [-0.4, -0.2) is 11.9 Å². The maximum absolute atomic E-state index is 12.1. The first-order valence-corrected chi connectivity index (χ1v) is 8.19. The SMILES string of the molecule is Cc1cc(Sc2ccccc2)ccc1NC(=O)C(C)C(C)N.Cl. The quantitative estimate of drug-likeness (QED) is 0.835. The smallest absolute Gasteiger partial charge is 0.228 e. The number of rotatable bonds is 5. The molecule has 2 unspecified atom stereocenters. The number of carbonyl (C=O) groups excluding carboxylic acids is 1. The van der Waals surface area contributed by atoms with E-state index in [1.807, 2.05) is 51.1 Å². The number of halogens is 1. The first kappa shape index (κ1) is 19.6. The Hall–Kier alpha value is -1.49. The van der Waals surface area contributed by atoms with Crippen LogP contribution in [0.2, 0.25) is 0 Å². The van der Waals surface area contributed by atoms with Crippen molar-refractivity contribution in [1.82, 2.24) is 0 Å². The molecule has 0 spiro atoms. The number of nitrogens with two attached hydrogens (primary N) is 1.